The average Bonchev–Trinajstić information content (AvgIpc) is 2.48. The number of halogens is 1. The molecule has 1 unspecified atom stereocenters. The molecule has 0 aliphatic carbocycles. The zero-order valence-electron chi connectivity index (χ0n) is 11.8. The second-order valence-corrected chi connectivity index (χ2v) is 5.15. The lowest BCUT2D eigenvalue weighted by Crippen LogP contribution is -2.34. The number of nitriles is 2. The lowest BCUT2D eigenvalue weighted by atomic mass is 9.99. The maximum atomic E-state index is 13.4. The quantitative estimate of drug-likeness (QED) is 0.684. The number of nitrogens with zero attached hydrogens (tertiary/aromatic N) is 4. The molecular weight excluding hydrogens is 269 g/mol. The Morgan fingerprint density at radius 1 is 1.43 bits per heavy atom. The zero-order chi connectivity index (χ0) is 15.2. The maximum Gasteiger partial charge on any atom is 0.237 e. The van der Waals surface area contributed by atoms with Gasteiger partial charge in [0.15, 0.2) is 0 Å². The smallest absolute Gasteiger partial charge is 0.237 e. The number of rotatable bonds is 3. The molecule has 1 N–H and O–H groups in total. The molecule has 1 aromatic rings. The number of piperidine rings is 1. The second-order valence-electron chi connectivity index (χ2n) is 5.15. The summed E-state index contributed by atoms with van der Waals surface area (Å²) in [5.74, 6) is 0.186. The average molecular weight is 285 g/mol. The predicted octanol–water partition coefficient (Wildman–Crippen LogP) is 2.88. The number of anilines is 2. The minimum absolute atomic E-state index is 0.294. The van der Waals surface area contributed by atoms with Crippen LogP contribution >= 0.6 is 0 Å². The molecule has 0 saturated carbocycles. The van der Waals surface area contributed by atoms with E-state index in [1.165, 1.54) is 18.6 Å². The molecule has 1 aromatic carbocycles. The summed E-state index contributed by atoms with van der Waals surface area (Å²) in [6.45, 7) is 3.98. The van der Waals surface area contributed by atoms with Crippen LogP contribution in [-0.2, 0) is 0 Å². The van der Waals surface area contributed by atoms with Gasteiger partial charge in [-0.3, -0.25) is 5.43 Å². The molecular formula is C15H16FN5. The Bertz CT molecular complexity index is 610. The number of benzene rings is 1. The monoisotopic (exact) mass is 285 g/mol. The Morgan fingerprint density at radius 2 is 2.19 bits per heavy atom. The molecule has 1 aliphatic rings. The first-order valence-corrected chi connectivity index (χ1v) is 6.82. The van der Waals surface area contributed by atoms with Gasteiger partial charge in [0, 0.05) is 19.2 Å². The van der Waals surface area contributed by atoms with Crippen LogP contribution in [0.15, 0.2) is 23.3 Å². The normalized spacial score (nSPS) is 17.5. The molecule has 0 spiro atoms. The van der Waals surface area contributed by atoms with Crippen molar-refractivity contribution in [3.63, 3.8) is 0 Å². The molecule has 108 valence electrons. The number of hydrogen-bond donors (Lipinski definition) is 1. The molecule has 0 amide bonds. The van der Waals surface area contributed by atoms with Gasteiger partial charge >= 0.3 is 0 Å². The Labute approximate surface area is 123 Å². The Morgan fingerprint density at radius 3 is 2.86 bits per heavy atom. The van der Waals surface area contributed by atoms with Crippen LogP contribution in [0.3, 0.4) is 0 Å². The molecule has 1 heterocycles. The summed E-state index contributed by atoms with van der Waals surface area (Å²) in [5, 5.41) is 21.1. The SMILES string of the molecule is CC1CCCN(c2ccc(F)cc2NN=C(C#N)C#N)C1. The zero-order valence-corrected chi connectivity index (χ0v) is 11.8. The van der Waals surface area contributed by atoms with Crippen molar-refractivity contribution < 1.29 is 4.39 Å². The first-order chi connectivity index (χ1) is 10.1. The van der Waals surface area contributed by atoms with E-state index in [4.69, 9.17) is 10.5 Å². The van der Waals surface area contributed by atoms with Crippen molar-refractivity contribution in [2.75, 3.05) is 23.4 Å². The molecule has 0 radical (unpaired) electrons. The summed E-state index contributed by atoms with van der Waals surface area (Å²) >= 11 is 0. The van der Waals surface area contributed by atoms with Crippen molar-refractivity contribution in [2.45, 2.75) is 19.8 Å². The summed E-state index contributed by atoms with van der Waals surface area (Å²) in [7, 11) is 0. The highest BCUT2D eigenvalue weighted by atomic mass is 19.1. The van der Waals surface area contributed by atoms with Gasteiger partial charge in [0.1, 0.15) is 18.0 Å². The van der Waals surface area contributed by atoms with Crippen LogP contribution in [-0.4, -0.2) is 18.8 Å². The van der Waals surface area contributed by atoms with Crippen molar-refractivity contribution in [1.29, 1.82) is 10.5 Å². The van der Waals surface area contributed by atoms with Crippen LogP contribution in [0, 0.1) is 34.4 Å². The lowest BCUT2D eigenvalue weighted by Gasteiger charge is -2.33. The molecule has 1 aliphatic heterocycles. The molecule has 21 heavy (non-hydrogen) atoms. The van der Waals surface area contributed by atoms with E-state index in [-0.39, 0.29) is 5.71 Å². The third-order valence-corrected chi connectivity index (χ3v) is 3.46. The van der Waals surface area contributed by atoms with Gasteiger partial charge in [0.25, 0.3) is 0 Å². The van der Waals surface area contributed by atoms with Gasteiger partial charge in [-0.05, 0) is 30.9 Å². The molecule has 1 saturated heterocycles. The van der Waals surface area contributed by atoms with E-state index in [0.29, 0.717) is 11.6 Å². The number of hydrogen-bond acceptors (Lipinski definition) is 5. The fourth-order valence-corrected chi connectivity index (χ4v) is 2.47. The molecule has 1 fully saturated rings. The van der Waals surface area contributed by atoms with Crippen LogP contribution in [0.5, 0.6) is 0 Å². The second kappa shape index (κ2) is 6.71. The van der Waals surface area contributed by atoms with Crippen LogP contribution in [0.2, 0.25) is 0 Å². The van der Waals surface area contributed by atoms with Crippen molar-refractivity contribution in [3.05, 3.63) is 24.0 Å². The Kier molecular flexibility index (Phi) is 4.73. The molecule has 2 rings (SSSR count). The largest absolute Gasteiger partial charge is 0.370 e. The van der Waals surface area contributed by atoms with Gasteiger partial charge in [0.2, 0.25) is 5.71 Å². The van der Waals surface area contributed by atoms with Crippen molar-refractivity contribution in [1.82, 2.24) is 0 Å². The highest BCUT2D eigenvalue weighted by Gasteiger charge is 2.19. The van der Waals surface area contributed by atoms with Gasteiger partial charge < -0.3 is 4.90 Å². The first kappa shape index (κ1) is 14.8. The lowest BCUT2D eigenvalue weighted by molar-refractivity contribution is 0.447. The summed E-state index contributed by atoms with van der Waals surface area (Å²) in [4.78, 5) is 2.17. The van der Waals surface area contributed by atoms with Gasteiger partial charge in [-0.2, -0.15) is 15.6 Å². The molecule has 6 heteroatoms. The standard InChI is InChI=1S/C15H16FN5/c1-11-3-2-6-21(10-11)15-5-4-12(16)7-14(15)20-19-13(8-17)9-18/h4-5,7,11,20H,2-3,6,10H2,1H3. The summed E-state index contributed by atoms with van der Waals surface area (Å²) in [6.07, 6.45) is 2.27. The van der Waals surface area contributed by atoms with Gasteiger partial charge in [-0.15, -0.1) is 0 Å². The number of hydrazone groups is 1. The summed E-state index contributed by atoms with van der Waals surface area (Å²) < 4.78 is 13.4. The van der Waals surface area contributed by atoms with Gasteiger partial charge in [-0.1, -0.05) is 6.92 Å². The van der Waals surface area contributed by atoms with Crippen LogP contribution in [0.25, 0.3) is 0 Å². The topological polar surface area (TPSA) is 75.2 Å². The third kappa shape index (κ3) is 3.70. The summed E-state index contributed by atoms with van der Waals surface area (Å²) in [6, 6.07) is 7.75. The van der Waals surface area contributed by atoms with E-state index in [2.05, 4.69) is 22.4 Å². The number of nitrogens with one attached hydrogen (secondary N) is 1. The minimum Gasteiger partial charge on any atom is -0.370 e. The van der Waals surface area contributed by atoms with Crippen molar-refractivity contribution in [2.24, 2.45) is 11.0 Å². The fraction of sp³-hybridized carbons (Fsp3) is 0.400. The minimum atomic E-state index is -0.392. The van der Waals surface area contributed by atoms with Crippen molar-refractivity contribution >= 4 is 17.1 Å². The molecule has 0 aromatic heterocycles. The molecule has 5 nitrogen and oxygen atoms in total. The van der Waals surface area contributed by atoms with Gasteiger partial charge in [-0.25, -0.2) is 4.39 Å². The van der Waals surface area contributed by atoms with Crippen LogP contribution < -0.4 is 10.3 Å². The van der Waals surface area contributed by atoms with E-state index >= 15 is 0 Å². The Hall–Kier alpha value is -2.60. The van der Waals surface area contributed by atoms with E-state index in [1.807, 2.05) is 0 Å². The maximum absolute atomic E-state index is 13.4. The molecule has 1 atom stereocenters. The van der Waals surface area contributed by atoms with Crippen molar-refractivity contribution in [3.8, 4) is 12.1 Å². The van der Waals surface area contributed by atoms with E-state index < -0.39 is 5.82 Å². The first-order valence-electron chi connectivity index (χ1n) is 6.82. The Balaban J connectivity index is 2.28. The summed E-state index contributed by atoms with van der Waals surface area (Å²) in [5.41, 5.74) is 3.64. The highest BCUT2D eigenvalue weighted by molar-refractivity contribution is 6.10. The predicted molar refractivity (Wildman–Crippen MR) is 79.3 cm³/mol. The molecule has 0 bridgehead atoms. The van der Waals surface area contributed by atoms with E-state index in [1.54, 1.807) is 18.2 Å². The van der Waals surface area contributed by atoms with E-state index in [9.17, 15) is 4.39 Å². The van der Waals surface area contributed by atoms with Crippen LogP contribution in [0.4, 0.5) is 15.8 Å². The van der Waals surface area contributed by atoms with E-state index in [0.717, 1.165) is 25.2 Å². The van der Waals surface area contributed by atoms with Crippen LogP contribution in [0.1, 0.15) is 19.8 Å². The third-order valence-electron chi connectivity index (χ3n) is 3.46. The fourth-order valence-electron chi connectivity index (χ4n) is 2.47. The van der Waals surface area contributed by atoms with Gasteiger partial charge in [0.05, 0.1) is 11.4 Å². The highest BCUT2D eigenvalue weighted by Crippen LogP contribution is 2.30.